The second-order valence-corrected chi connectivity index (χ2v) is 9.06. The zero-order valence-electron chi connectivity index (χ0n) is 15.2. The summed E-state index contributed by atoms with van der Waals surface area (Å²) in [6.07, 6.45) is 5.80. The first-order chi connectivity index (χ1) is 8.14. The summed E-state index contributed by atoms with van der Waals surface area (Å²) in [6, 6.07) is 0. The molecule has 1 aliphatic carbocycles. The molecular weight excluding hydrogens is 373 g/mol. The van der Waals surface area contributed by atoms with Gasteiger partial charge in [-0.15, -0.1) is 17.8 Å². The van der Waals surface area contributed by atoms with Crippen LogP contribution in [0.2, 0.25) is 0 Å². The number of hydrogen-bond donors (Lipinski definition) is 0. The standard InChI is InChI=1S/C15H31P.CH5P.2ClH.Ti/c1-13(2,3)15(14(4,5)6)10-8-9-12(11-15)16-7;1-2;;;/h12,16H,8-11H2,1-7H3;2H2,1H3;2*1H;/q;;;;+2/p-2. The molecule has 0 heterocycles. The zero-order valence-corrected chi connectivity index (χ0v) is 20.5. The van der Waals surface area contributed by atoms with E-state index in [0.717, 1.165) is 14.2 Å². The molecule has 3 unspecified atom stereocenters. The molecule has 1 aliphatic rings. The largest absolute Gasteiger partial charge is 2.00 e. The van der Waals surface area contributed by atoms with Gasteiger partial charge in [-0.1, -0.05) is 54.6 Å². The Balaban J connectivity index is -0.000000276. The summed E-state index contributed by atoms with van der Waals surface area (Å²) in [6.45, 7) is 19.1. The minimum Gasteiger partial charge on any atom is -1.00 e. The second-order valence-electron chi connectivity index (χ2n) is 7.66. The predicted octanol–water partition coefficient (Wildman–Crippen LogP) is -0.187. The maximum Gasteiger partial charge on any atom is 2.00 e. The first-order valence-corrected chi connectivity index (χ1v) is 10.1. The van der Waals surface area contributed by atoms with Gasteiger partial charge in [0.2, 0.25) is 0 Å². The Hall–Kier alpha value is 2.15. The third kappa shape index (κ3) is 7.71. The van der Waals surface area contributed by atoms with Gasteiger partial charge in [0.1, 0.15) is 0 Å². The quantitative estimate of drug-likeness (QED) is 0.417. The van der Waals surface area contributed by atoms with Gasteiger partial charge in [0.25, 0.3) is 0 Å². The van der Waals surface area contributed by atoms with Crippen molar-refractivity contribution in [3.8, 4) is 0 Å². The van der Waals surface area contributed by atoms with E-state index in [0.29, 0.717) is 16.2 Å². The molecule has 0 spiro atoms. The second kappa shape index (κ2) is 12.5. The monoisotopic (exact) mass is 408 g/mol. The van der Waals surface area contributed by atoms with Crippen LogP contribution in [0, 0.1) is 16.2 Å². The molecule has 0 aliphatic heterocycles. The summed E-state index contributed by atoms with van der Waals surface area (Å²) in [4.78, 5) is 0. The van der Waals surface area contributed by atoms with E-state index in [2.05, 4.69) is 57.4 Å². The maximum absolute atomic E-state index is 2.46. The Labute approximate surface area is 166 Å². The summed E-state index contributed by atoms with van der Waals surface area (Å²) in [7, 11) is 3.55. The molecule has 3 atom stereocenters. The molecule has 21 heavy (non-hydrogen) atoms. The van der Waals surface area contributed by atoms with Gasteiger partial charge in [0.05, 0.1) is 0 Å². The van der Waals surface area contributed by atoms with Crippen molar-refractivity contribution in [1.82, 2.24) is 0 Å². The van der Waals surface area contributed by atoms with Crippen LogP contribution < -0.4 is 24.8 Å². The van der Waals surface area contributed by atoms with Crippen molar-refractivity contribution < 1.29 is 46.5 Å². The molecule has 1 saturated carbocycles. The Morgan fingerprint density at radius 1 is 0.952 bits per heavy atom. The minimum absolute atomic E-state index is 0. The van der Waals surface area contributed by atoms with Gasteiger partial charge in [-0.05, 0) is 47.8 Å². The van der Waals surface area contributed by atoms with Gasteiger partial charge in [-0.3, -0.25) is 0 Å². The van der Waals surface area contributed by atoms with Crippen molar-refractivity contribution in [3.63, 3.8) is 0 Å². The van der Waals surface area contributed by atoms with Crippen LogP contribution in [0.4, 0.5) is 0 Å². The molecule has 0 saturated heterocycles. The zero-order chi connectivity index (χ0) is 14.6. The third-order valence-electron chi connectivity index (χ3n) is 5.03. The van der Waals surface area contributed by atoms with E-state index in [1.54, 1.807) is 0 Å². The van der Waals surface area contributed by atoms with E-state index < -0.39 is 0 Å². The van der Waals surface area contributed by atoms with E-state index in [9.17, 15) is 0 Å². The minimum atomic E-state index is 0. The van der Waals surface area contributed by atoms with Crippen LogP contribution in [-0.2, 0) is 21.7 Å². The van der Waals surface area contributed by atoms with Gasteiger partial charge in [0, 0.05) is 0 Å². The van der Waals surface area contributed by atoms with Crippen molar-refractivity contribution in [2.45, 2.75) is 72.9 Å². The summed E-state index contributed by atoms with van der Waals surface area (Å²) in [5.74, 6) is 0. The average molecular weight is 409 g/mol. The van der Waals surface area contributed by atoms with Crippen molar-refractivity contribution in [1.29, 1.82) is 0 Å². The van der Waals surface area contributed by atoms with E-state index in [4.69, 9.17) is 0 Å². The number of halogens is 2. The van der Waals surface area contributed by atoms with E-state index >= 15 is 0 Å². The Kier molecular flexibility index (Phi) is 18.4. The molecule has 0 radical (unpaired) electrons. The fourth-order valence-corrected chi connectivity index (χ4v) is 5.05. The van der Waals surface area contributed by atoms with Crippen LogP contribution in [0.25, 0.3) is 0 Å². The average Bonchev–Trinajstić information content (AvgIpc) is 2.29. The van der Waals surface area contributed by atoms with E-state index in [1.165, 1.54) is 25.7 Å². The third-order valence-corrected chi connectivity index (χ3v) is 6.34. The van der Waals surface area contributed by atoms with Crippen LogP contribution in [-0.4, -0.2) is 19.0 Å². The van der Waals surface area contributed by atoms with Crippen molar-refractivity contribution >= 4 is 17.8 Å². The molecule has 0 aromatic heterocycles. The molecule has 0 aromatic rings. The summed E-state index contributed by atoms with van der Waals surface area (Å²) < 4.78 is 0. The first kappa shape index (κ1) is 31.0. The maximum atomic E-state index is 2.46. The van der Waals surface area contributed by atoms with Gasteiger partial charge in [0.15, 0.2) is 0 Å². The molecule has 0 amide bonds. The Morgan fingerprint density at radius 2 is 1.33 bits per heavy atom. The Morgan fingerprint density at radius 3 is 1.62 bits per heavy atom. The number of hydrogen-bond acceptors (Lipinski definition) is 0. The van der Waals surface area contributed by atoms with Gasteiger partial charge in [-0.2, -0.15) is 0 Å². The van der Waals surface area contributed by atoms with Crippen molar-refractivity contribution in [2.75, 3.05) is 13.3 Å². The molecule has 128 valence electrons. The molecule has 0 nitrogen and oxygen atoms in total. The van der Waals surface area contributed by atoms with Gasteiger partial charge in [-0.25, -0.2) is 0 Å². The topological polar surface area (TPSA) is 0 Å². The molecule has 0 aromatic carbocycles. The predicted molar refractivity (Wildman–Crippen MR) is 93.5 cm³/mol. The molecule has 0 bridgehead atoms. The van der Waals surface area contributed by atoms with Gasteiger partial charge >= 0.3 is 21.7 Å². The number of rotatable bonds is 1. The molecule has 1 fully saturated rings. The summed E-state index contributed by atoms with van der Waals surface area (Å²) >= 11 is 0. The van der Waals surface area contributed by atoms with Crippen LogP contribution in [0.15, 0.2) is 0 Å². The van der Waals surface area contributed by atoms with E-state index in [-0.39, 0.29) is 46.5 Å². The van der Waals surface area contributed by atoms with Crippen LogP contribution in [0.3, 0.4) is 0 Å². The SMILES string of the molecule is CP.CPC1CCCC(C(C)(C)C)(C(C)(C)C)C1.[Cl-].[Cl-].[Ti+2]. The first-order valence-electron chi connectivity index (χ1n) is 7.39. The fourth-order valence-electron chi connectivity index (χ4n) is 4.01. The summed E-state index contributed by atoms with van der Waals surface area (Å²) in [5, 5.41) is 0. The van der Waals surface area contributed by atoms with Crippen molar-refractivity contribution in [3.05, 3.63) is 0 Å². The fraction of sp³-hybridized carbons (Fsp3) is 1.00. The molecular formula is C16H36Cl2P2Ti. The molecule has 1 rings (SSSR count). The molecule has 0 N–H and O–H groups in total. The van der Waals surface area contributed by atoms with Crippen LogP contribution >= 0.6 is 17.8 Å². The normalized spacial score (nSPS) is 21.3. The van der Waals surface area contributed by atoms with Crippen LogP contribution in [0.5, 0.6) is 0 Å². The Bertz CT molecular complexity index is 234. The van der Waals surface area contributed by atoms with E-state index in [1.807, 2.05) is 6.66 Å². The smallest absolute Gasteiger partial charge is 1.00 e. The molecule has 5 heteroatoms. The summed E-state index contributed by atoms with van der Waals surface area (Å²) in [5.41, 5.74) is 2.39. The van der Waals surface area contributed by atoms with Crippen molar-refractivity contribution in [2.24, 2.45) is 16.2 Å². The van der Waals surface area contributed by atoms with Crippen LogP contribution in [0.1, 0.15) is 67.2 Å². The van der Waals surface area contributed by atoms with Gasteiger partial charge < -0.3 is 24.8 Å².